The van der Waals surface area contributed by atoms with Crippen molar-refractivity contribution in [3.05, 3.63) is 42.2 Å². The number of hydrogen-bond donors (Lipinski definition) is 0. The second-order valence-electron chi connectivity index (χ2n) is 3.92. The van der Waals surface area contributed by atoms with Gasteiger partial charge in [0.1, 0.15) is 5.82 Å². The molecule has 2 nitrogen and oxygen atoms in total. The summed E-state index contributed by atoms with van der Waals surface area (Å²) in [6, 6.07) is 1.15. The van der Waals surface area contributed by atoms with E-state index >= 15 is 0 Å². The van der Waals surface area contributed by atoms with Gasteiger partial charge in [-0.2, -0.15) is 0 Å². The largest absolute Gasteiger partial charge is 0.309 e. The van der Waals surface area contributed by atoms with E-state index in [1.807, 2.05) is 0 Å². The van der Waals surface area contributed by atoms with Crippen LogP contribution in [0.2, 0.25) is 0 Å². The SMILES string of the molecule is C=CC1CC(=O)N(c2cc(F)c(F)cc2F)C1. The van der Waals surface area contributed by atoms with Gasteiger partial charge in [0.2, 0.25) is 5.91 Å². The van der Waals surface area contributed by atoms with E-state index in [4.69, 9.17) is 0 Å². The van der Waals surface area contributed by atoms with Crippen molar-refractivity contribution in [1.82, 2.24) is 0 Å². The summed E-state index contributed by atoms with van der Waals surface area (Å²) in [7, 11) is 0. The zero-order chi connectivity index (χ0) is 12.6. The van der Waals surface area contributed by atoms with Crippen LogP contribution in [0.3, 0.4) is 0 Å². The highest BCUT2D eigenvalue weighted by Gasteiger charge is 2.31. The molecule has 1 aromatic rings. The maximum Gasteiger partial charge on any atom is 0.227 e. The number of carbonyl (C=O) groups excluding carboxylic acids is 1. The van der Waals surface area contributed by atoms with Gasteiger partial charge in [0.15, 0.2) is 11.6 Å². The van der Waals surface area contributed by atoms with Crippen molar-refractivity contribution in [3.63, 3.8) is 0 Å². The molecule has 0 N–H and O–H groups in total. The van der Waals surface area contributed by atoms with Gasteiger partial charge in [0.05, 0.1) is 5.69 Å². The third-order valence-corrected chi connectivity index (χ3v) is 2.77. The highest BCUT2D eigenvalue weighted by Crippen LogP contribution is 2.29. The van der Waals surface area contributed by atoms with Crippen molar-refractivity contribution >= 4 is 11.6 Å². The van der Waals surface area contributed by atoms with Gasteiger partial charge in [-0.15, -0.1) is 6.58 Å². The molecule has 0 radical (unpaired) electrons. The van der Waals surface area contributed by atoms with E-state index in [9.17, 15) is 18.0 Å². The van der Waals surface area contributed by atoms with Crippen molar-refractivity contribution in [2.45, 2.75) is 6.42 Å². The molecule has 1 aromatic carbocycles. The van der Waals surface area contributed by atoms with E-state index in [2.05, 4.69) is 6.58 Å². The van der Waals surface area contributed by atoms with Crippen molar-refractivity contribution in [2.24, 2.45) is 5.92 Å². The van der Waals surface area contributed by atoms with Gasteiger partial charge in [-0.05, 0) is 0 Å². The summed E-state index contributed by atoms with van der Waals surface area (Å²) in [4.78, 5) is 12.7. The lowest BCUT2D eigenvalue weighted by Crippen LogP contribution is -2.25. The summed E-state index contributed by atoms with van der Waals surface area (Å²) in [5.74, 6) is -3.79. The summed E-state index contributed by atoms with van der Waals surface area (Å²) in [5.41, 5.74) is -0.224. The predicted octanol–water partition coefficient (Wildman–Crippen LogP) is 2.64. The Morgan fingerprint density at radius 3 is 2.47 bits per heavy atom. The van der Waals surface area contributed by atoms with Crippen molar-refractivity contribution in [2.75, 3.05) is 11.4 Å². The molecule has 0 spiro atoms. The fourth-order valence-corrected chi connectivity index (χ4v) is 1.84. The molecule has 17 heavy (non-hydrogen) atoms. The topological polar surface area (TPSA) is 20.3 Å². The first-order valence-corrected chi connectivity index (χ1v) is 5.10. The van der Waals surface area contributed by atoms with Crippen LogP contribution in [0.5, 0.6) is 0 Å². The van der Waals surface area contributed by atoms with E-state index in [0.29, 0.717) is 12.1 Å². The molecule has 0 saturated carbocycles. The Morgan fingerprint density at radius 2 is 1.88 bits per heavy atom. The van der Waals surface area contributed by atoms with Gasteiger partial charge in [-0.25, -0.2) is 13.2 Å². The second-order valence-corrected chi connectivity index (χ2v) is 3.92. The molecule has 5 heteroatoms. The molecule has 90 valence electrons. The van der Waals surface area contributed by atoms with Crippen LogP contribution in [0.1, 0.15) is 6.42 Å². The van der Waals surface area contributed by atoms with Crippen LogP contribution >= 0.6 is 0 Å². The smallest absolute Gasteiger partial charge is 0.227 e. The number of halogens is 3. The molecule has 0 aromatic heterocycles. The number of carbonyl (C=O) groups is 1. The predicted molar refractivity (Wildman–Crippen MR) is 57.0 cm³/mol. The van der Waals surface area contributed by atoms with E-state index in [-0.39, 0.29) is 30.5 Å². The standard InChI is InChI=1S/C12H10F3NO/c1-2-7-3-12(17)16(6-7)11-5-9(14)8(13)4-10(11)15/h2,4-5,7H,1,3,6H2. The Bertz CT molecular complexity index is 487. The Morgan fingerprint density at radius 1 is 1.24 bits per heavy atom. The molecule has 0 bridgehead atoms. The molecule has 1 aliphatic rings. The molecule has 1 amide bonds. The second kappa shape index (κ2) is 4.24. The summed E-state index contributed by atoms with van der Waals surface area (Å²) in [6.07, 6.45) is 1.80. The molecule has 2 rings (SSSR count). The normalized spacial score (nSPS) is 19.8. The van der Waals surface area contributed by atoms with Crippen LogP contribution in [0, 0.1) is 23.4 Å². The van der Waals surface area contributed by atoms with E-state index in [1.54, 1.807) is 6.08 Å². The summed E-state index contributed by atoms with van der Waals surface area (Å²) in [5, 5.41) is 0. The molecule has 1 fully saturated rings. The summed E-state index contributed by atoms with van der Waals surface area (Å²) >= 11 is 0. The Labute approximate surface area is 96.3 Å². The third-order valence-electron chi connectivity index (χ3n) is 2.77. The lowest BCUT2D eigenvalue weighted by atomic mass is 10.1. The fourth-order valence-electron chi connectivity index (χ4n) is 1.84. The number of amides is 1. The number of rotatable bonds is 2. The van der Waals surface area contributed by atoms with Crippen LogP contribution < -0.4 is 4.90 Å². The molecule has 1 unspecified atom stereocenters. The monoisotopic (exact) mass is 241 g/mol. The minimum absolute atomic E-state index is 0.0879. The lowest BCUT2D eigenvalue weighted by Gasteiger charge is -2.17. The first-order chi connectivity index (χ1) is 8.02. The summed E-state index contributed by atoms with van der Waals surface area (Å²) < 4.78 is 39.2. The van der Waals surface area contributed by atoms with Crippen LogP contribution in [0.15, 0.2) is 24.8 Å². The van der Waals surface area contributed by atoms with Gasteiger partial charge in [0.25, 0.3) is 0 Å². The molecule has 1 atom stereocenters. The van der Waals surface area contributed by atoms with Crippen molar-refractivity contribution in [1.29, 1.82) is 0 Å². The quantitative estimate of drug-likeness (QED) is 0.575. The van der Waals surface area contributed by atoms with Crippen LogP contribution in [-0.2, 0) is 4.79 Å². The first-order valence-electron chi connectivity index (χ1n) is 5.10. The number of anilines is 1. The minimum Gasteiger partial charge on any atom is -0.309 e. The Hall–Kier alpha value is -1.78. The van der Waals surface area contributed by atoms with Crippen LogP contribution in [0.25, 0.3) is 0 Å². The molecular formula is C12H10F3NO. The van der Waals surface area contributed by atoms with Crippen molar-refractivity contribution in [3.8, 4) is 0 Å². The molecule has 1 aliphatic heterocycles. The van der Waals surface area contributed by atoms with E-state index in [0.717, 1.165) is 4.90 Å². The van der Waals surface area contributed by atoms with Gasteiger partial charge >= 0.3 is 0 Å². The van der Waals surface area contributed by atoms with E-state index < -0.39 is 17.5 Å². The molecule has 1 heterocycles. The highest BCUT2D eigenvalue weighted by atomic mass is 19.2. The third kappa shape index (κ3) is 2.05. The highest BCUT2D eigenvalue weighted by molar-refractivity contribution is 5.96. The molecular weight excluding hydrogens is 231 g/mol. The van der Waals surface area contributed by atoms with Gasteiger partial charge in [-0.3, -0.25) is 4.79 Å². The Balaban J connectivity index is 2.38. The Kier molecular flexibility index (Phi) is 2.92. The van der Waals surface area contributed by atoms with Crippen molar-refractivity contribution < 1.29 is 18.0 Å². The first kappa shape index (κ1) is 11.7. The van der Waals surface area contributed by atoms with Gasteiger partial charge in [0, 0.05) is 31.0 Å². The van der Waals surface area contributed by atoms with Crippen LogP contribution in [-0.4, -0.2) is 12.5 Å². The average molecular weight is 241 g/mol. The molecule has 0 aliphatic carbocycles. The number of hydrogen-bond acceptors (Lipinski definition) is 1. The van der Waals surface area contributed by atoms with Gasteiger partial charge in [-0.1, -0.05) is 6.08 Å². The maximum atomic E-state index is 13.5. The number of benzene rings is 1. The fraction of sp³-hybridized carbons (Fsp3) is 0.250. The minimum atomic E-state index is -1.27. The lowest BCUT2D eigenvalue weighted by molar-refractivity contribution is -0.117. The number of nitrogens with zero attached hydrogens (tertiary/aromatic N) is 1. The summed E-state index contributed by atoms with van der Waals surface area (Å²) in [6.45, 7) is 3.79. The average Bonchev–Trinajstić information content (AvgIpc) is 2.65. The van der Waals surface area contributed by atoms with Crippen LogP contribution in [0.4, 0.5) is 18.9 Å². The van der Waals surface area contributed by atoms with Gasteiger partial charge < -0.3 is 4.90 Å². The zero-order valence-corrected chi connectivity index (χ0v) is 8.92. The zero-order valence-electron chi connectivity index (χ0n) is 8.92. The van der Waals surface area contributed by atoms with E-state index in [1.165, 1.54) is 0 Å². The molecule has 1 saturated heterocycles. The maximum absolute atomic E-state index is 13.5.